The summed E-state index contributed by atoms with van der Waals surface area (Å²) in [6.45, 7) is 0.508. The first kappa shape index (κ1) is 20.3. The van der Waals surface area contributed by atoms with Gasteiger partial charge in [0.2, 0.25) is 6.29 Å². The molecule has 0 radical (unpaired) electrons. The molecule has 0 saturated carbocycles. The number of aromatic nitrogens is 3. The van der Waals surface area contributed by atoms with Gasteiger partial charge in [0.1, 0.15) is 5.75 Å². The van der Waals surface area contributed by atoms with Gasteiger partial charge in [-0.2, -0.15) is 0 Å². The van der Waals surface area contributed by atoms with Crippen LogP contribution in [0, 0.1) is 0 Å². The molecule has 7 heteroatoms. The molecule has 2 heterocycles. The van der Waals surface area contributed by atoms with Gasteiger partial charge >= 0.3 is 0 Å². The fourth-order valence-electron chi connectivity index (χ4n) is 3.58. The van der Waals surface area contributed by atoms with Crippen molar-refractivity contribution in [1.29, 1.82) is 0 Å². The van der Waals surface area contributed by atoms with E-state index in [9.17, 15) is 0 Å². The van der Waals surface area contributed by atoms with E-state index in [1.807, 2.05) is 72.3 Å². The van der Waals surface area contributed by atoms with Crippen LogP contribution in [-0.2, 0) is 24.1 Å². The highest BCUT2D eigenvalue weighted by Gasteiger charge is 2.25. The highest BCUT2D eigenvalue weighted by Crippen LogP contribution is 2.40. The molecule has 31 heavy (non-hydrogen) atoms. The zero-order valence-corrected chi connectivity index (χ0v) is 19.3. The lowest BCUT2D eigenvalue weighted by atomic mass is 10.1. The number of benzene rings is 3. The topological polar surface area (TPSA) is 49.2 Å². The van der Waals surface area contributed by atoms with E-state index in [1.54, 1.807) is 11.8 Å². The molecular weight excluding hydrogens is 474 g/mol. The lowest BCUT2D eigenvalue weighted by Gasteiger charge is -2.28. The molecule has 1 atom stereocenters. The van der Waals surface area contributed by atoms with Gasteiger partial charge in [-0.1, -0.05) is 88.4 Å². The first-order chi connectivity index (χ1) is 15.2. The second-order valence-corrected chi connectivity index (χ2v) is 9.10. The van der Waals surface area contributed by atoms with Crippen LogP contribution in [0.4, 0.5) is 0 Å². The van der Waals surface area contributed by atoms with Gasteiger partial charge < -0.3 is 14.0 Å². The summed E-state index contributed by atoms with van der Waals surface area (Å²) in [5, 5.41) is 9.65. The predicted octanol–water partition coefficient (Wildman–Crippen LogP) is 6.14. The van der Waals surface area contributed by atoms with Crippen LogP contribution >= 0.6 is 27.7 Å². The van der Waals surface area contributed by atoms with Crippen molar-refractivity contribution in [2.45, 2.75) is 23.8 Å². The van der Waals surface area contributed by atoms with Crippen molar-refractivity contribution in [2.24, 2.45) is 7.05 Å². The van der Waals surface area contributed by atoms with Crippen LogP contribution in [0.2, 0.25) is 0 Å². The van der Waals surface area contributed by atoms with Gasteiger partial charge in [0.15, 0.2) is 11.0 Å². The summed E-state index contributed by atoms with van der Waals surface area (Å²) in [6.07, 6.45) is -0.405. The molecule has 0 saturated heterocycles. The summed E-state index contributed by atoms with van der Waals surface area (Å²) >= 11 is 5.27. The number of rotatable bonds is 5. The third kappa shape index (κ3) is 4.26. The number of halogens is 1. The second kappa shape index (κ2) is 8.86. The zero-order chi connectivity index (χ0) is 21.2. The van der Waals surface area contributed by atoms with Gasteiger partial charge in [0.05, 0.1) is 6.61 Å². The Labute approximate surface area is 193 Å². The lowest BCUT2D eigenvalue weighted by molar-refractivity contribution is -0.111. The van der Waals surface area contributed by atoms with Crippen LogP contribution in [0.15, 0.2) is 82.4 Å². The first-order valence-corrected chi connectivity index (χ1v) is 11.7. The molecule has 0 amide bonds. The maximum Gasteiger partial charge on any atom is 0.227 e. The summed E-state index contributed by atoms with van der Waals surface area (Å²) in [5.41, 5.74) is 4.20. The number of ether oxygens (including phenoxy) is 2. The van der Waals surface area contributed by atoms with E-state index in [1.165, 1.54) is 0 Å². The normalized spacial score (nSPS) is 15.4. The Kier molecular flexibility index (Phi) is 5.80. The largest absolute Gasteiger partial charge is 0.460 e. The Bertz CT molecular complexity index is 1200. The molecule has 1 aliphatic heterocycles. The second-order valence-electron chi connectivity index (χ2n) is 7.24. The molecule has 4 aromatic rings. The van der Waals surface area contributed by atoms with Crippen LogP contribution in [0.1, 0.15) is 23.0 Å². The zero-order valence-electron chi connectivity index (χ0n) is 16.9. The van der Waals surface area contributed by atoms with Gasteiger partial charge in [-0.15, -0.1) is 10.2 Å². The van der Waals surface area contributed by atoms with Crippen molar-refractivity contribution in [3.8, 4) is 17.1 Å². The van der Waals surface area contributed by atoms with Crippen LogP contribution < -0.4 is 4.74 Å². The third-order valence-electron chi connectivity index (χ3n) is 5.12. The highest BCUT2D eigenvalue weighted by molar-refractivity contribution is 9.10. The molecule has 0 fully saturated rings. The highest BCUT2D eigenvalue weighted by atomic mass is 79.9. The van der Waals surface area contributed by atoms with E-state index in [4.69, 9.17) is 9.47 Å². The van der Waals surface area contributed by atoms with Crippen molar-refractivity contribution in [1.82, 2.24) is 14.8 Å². The quantitative estimate of drug-likeness (QED) is 0.312. The Morgan fingerprint density at radius 1 is 1.03 bits per heavy atom. The van der Waals surface area contributed by atoms with E-state index in [0.29, 0.717) is 12.4 Å². The summed E-state index contributed by atoms with van der Waals surface area (Å²) in [5.74, 6) is 2.46. The SMILES string of the molecule is Cn1c(SCc2cc(Br)cc3c2O[C@@H](c2ccccc2)OC3)nnc1-c1ccccc1. The summed E-state index contributed by atoms with van der Waals surface area (Å²) < 4.78 is 15.3. The van der Waals surface area contributed by atoms with E-state index in [0.717, 1.165) is 43.5 Å². The van der Waals surface area contributed by atoms with Crippen molar-refractivity contribution in [2.75, 3.05) is 0 Å². The van der Waals surface area contributed by atoms with Crippen molar-refractivity contribution in [3.63, 3.8) is 0 Å². The van der Waals surface area contributed by atoms with E-state index in [2.05, 4.69) is 38.3 Å². The summed E-state index contributed by atoms with van der Waals surface area (Å²) in [6, 6.07) is 24.3. The van der Waals surface area contributed by atoms with Gasteiger partial charge in [-0.25, -0.2) is 0 Å². The molecule has 0 bridgehead atoms. The molecule has 156 valence electrons. The van der Waals surface area contributed by atoms with Crippen LogP contribution in [0.25, 0.3) is 11.4 Å². The van der Waals surface area contributed by atoms with Crippen molar-refractivity contribution >= 4 is 27.7 Å². The minimum absolute atomic E-state index is 0.405. The van der Waals surface area contributed by atoms with E-state index < -0.39 is 6.29 Å². The maximum absolute atomic E-state index is 6.30. The number of thioether (sulfide) groups is 1. The molecule has 0 N–H and O–H groups in total. The molecule has 1 aromatic heterocycles. The van der Waals surface area contributed by atoms with Gasteiger partial charge in [0.25, 0.3) is 0 Å². The molecule has 0 spiro atoms. The van der Waals surface area contributed by atoms with E-state index in [-0.39, 0.29) is 0 Å². The van der Waals surface area contributed by atoms with Gasteiger partial charge in [-0.05, 0) is 12.1 Å². The average Bonchev–Trinajstić information content (AvgIpc) is 3.18. The Morgan fingerprint density at radius 2 is 1.77 bits per heavy atom. The summed E-state index contributed by atoms with van der Waals surface area (Å²) in [7, 11) is 2.00. The van der Waals surface area contributed by atoms with Gasteiger partial charge in [0, 0.05) is 39.5 Å². The molecule has 0 aliphatic carbocycles. The first-order valence-electron chi connectivity index (χ1n) is 9.91. The Hall–Kier alpha value is -2.61. The smallest absolute Gasteiger partial charge is 0.227 e. The Morgan fingerprint density at radius 3 is 2.55 bits per heavy atom. The van der Waals surface area contributed by atoms with E-state index >= 15 is 0 Å². The van der Waals surface area contributed by atoms with Gasteiger partial charge in [-0.3, -0.25) is 0 Å². The molecule has 5 nitrogen and oxygen atoms in total. The average molecular weight is 494 g/mol. The number of nitrogens with zero attached hydrogens (tertiary/aromatic N) is 3. The van der Waals surface area contributed by atoms with Crippen molar-refractivity contribution in [3.05, 3.63) is 94.0 Å². The molecule has 5 rings (SSSR count). The number of fused-ring (bicyclic) bond motifs is 1. The fraction of sp³-hybridized carbons (Fsp3) is 0.167. The van der Waals surface area contributed by atoms with Crippen LogP contribution in [0.5, 0.6) is 5.75 Å². The summed E-state index contributed by atoms with van der Waals surface area (Å²) in [4.78, 5) is 0. The minimum Gasteiger partial charge on any atom is -0.460 e. The standard InChI is InChI=1S/C24H20BrN3O2S/c1-28-22(16-8-4-2-5-9-16)26-27-24(28)31-15-19-13-20(25)12-18-14-29-23(30-21(18)19)17-10-6-3-7-11-17/h2-13,23H,14-15H2,1H3/t23-/m0/s1. The molecular formula is C24H20BrN3O2S. The van der Waals surface area contributed by atoms with Crippen LogP contribution in [0.3, 0.4) is 0 Å². The number of hydrogen-bond donors (Lipinski definition) is 0. The molecule has 0 unspecified atom stereocenters. The third-order valence-corrected chi connectivity index (χ3v) is 6.64. The van der Waals surface area contributed by atoms with Crippen LogP contribution in [-0.4, -0.2) is 14.8 Å². The fourth-order valence-corrected chi connectivity index (χ4v) is 5.01. The monoisotopic (exact) mass is 493 g/mol. The predicted molar refractivity (Wildman–Crippen MR) is 125 cm³/mol. The minimum atomic E-state index is -0.405. The molecule has 3 aromatic carbocycles. The number of hydrogen-bond acceptors (Lipinski definition) is 5. The van der Waals surface area contributed by atoms with Crippen molar-refractivity contribution < 1.29 is 9.47 Å². The lowest BCUT2D eigenvalue weighted by Crippen LogP contribution is -2.19. The molecule has 1 aliphatic rings. The Balaban J connectivity index is 1.39. The maximum atomic E-state index is 6.30.